The number of primary amides is 1. The molecular formula is C12H20BrN3OS. The van der Waals surface area contributed by atoms with Gasteiger partial charge in [0.2, 0.25) is 5.91 Å². The van der Waals surface area contributed by atoms with Crippen LogP contribution in [0.4, 0.5) is 0 Å². The Bertz CT molecular complexity index is 394. The molecule has 0 fully saturated rings. The number of carbonyl (C=O) groups excluding carboxylic acids is 1. The van der Waals surface area contributed by atoms with Gasteiger partial charge in [0, 0.05) is 18.0 Å². The zero-order valence-electron chi connectivity index (χ0n) is 10.7. The van der Waals surface area contributed by atoms with Crippen molar-refractivity contribution < 1.29 is 4.79 Å². The first-order chi connectivity index (χ1) is 8.43. The maximum absolute atomic E-state index is 11.2. The molecule has 1 aromatic rings. The first-order valence-electron chi connectivity index (χ1n) is 5.91. The van der Waals surface area contributed by atoms with Gasteiger partial charge in [0.15, 0.2) is 0 Å². The monoisotopic (exact) mass is 333 g/mol. The summed E-state index contributed by atoms with van der Waals surface area (Å²) in [4.78, 5) is 14.4. The summed E-state index contributed by atoms with van der Waals surface area (Å²) in [7, 11) is 0. The van der Waals surface area contributed by atoms with E-state index in [1.54, 1.807) is 11.3 Å². The molecule has 4 N–H and O–H groups in total. The lowest BCUT2D eigenvalue weighted by Gasteiger charge is -2.30. The molecule has 1 unspecified atom stereocenters. The van der Waals surface area contributed by atoms with Crippen molar-refractivity contribution in [2.24, 2.45) is 17.4 Å². The van der Waals surface area contributed by atoms with E-state index in [1.165, 1.54) is 0 Å². The Morgan fingerprint density at radius 1 is 1.50 bits per heavy atom. The quantitative estimate of drug-likeness (QED) is 0.801. The zero-order valence-corrected chi connectivity index (χ0v) is 13.1. The molecule has 102 valence electrons. The molecule has 0 aliphatic rings. The third-order valence-electron chi connectivity index (χ3n) is 2.55. The van der Waals surface area contributed by atoms with Crippen LogP contribution in [0.25, 0.3) is 0 Å². The molecule has 0 aliphatic heterocycles. The van der Waals surface area contributed by atoms with E-state index in [0.717, 1.165) is 15.2 Å². The van der Waals surface area contributed by atoms with Gasteiger partial charge < -0.3 is 11.5 Å². The smallest absolute Gasteiger partial charge is 0.231 e. The van der Waals surface area contributed by atoms with Gasteiger partial charge in [-0.15, -0.1) is 11.3 Å². The predicted molar refractivity (Wildman–Crippen MR) is 79.4 cm³/mol. The molecule has 6 heteroatoms. The van der Waals surface area contributed by atoms with Gasteiger partial charge in [-0.05, 0) is 34.0 Å². The van der Waals surface area contributed by atoms with Crippen LogP contribution in [0.15, 0.2) is 15.9 Å². The minimum Gasteiger partial charge on any atom is -0.369 e. The number of thiophene rings is 1. The van der Waals surface area contributed by atoms with Crippen molar-refractivity contribution in [3.05, 3.63) is 20.8 Å². The lowest BCUT2D eigenvalue weighted by atomic mass is 10.1. The van der Waals surface area contributed by atoms with Crippen molar-refractivity contribution in [3.63, 3.8) is 0 Å². The van der Waals surface area contributed by atoms with E-state index in [2.05, 4.69) is 34.7 Å². The standard InChI is InChI=1S/C12H20BrN3OS/c1-8(2)6-16(7-12(15)17)9(5-14)10-3-4-11(13)18-10/h3-4,8-9H,5-7,14H2,1-2H3,(H2,15,17). The highest BCUT2D eigenvalue weighted by Crippen LogP contribution is 2.30. The number of rotatable bonds is 7. The highest BCUT2D eigenvalue weighted by molar-refractivity contribution is 9.11. The maximum atomic E-state index is 11.2. The number of nitrogens with two attached hydrogens (primary N) is 2. The lowest BCUT2D eigenvalue weighted by Crippen LogP contribution is -2.41. The Labute approximate surface area is 120 Å². The van der Waals surface area contributed by atoms with Crippen molar-refractivity contribution in [1.82, 2.24) is 4.90 Å². The molecule has 18 heavy (non-hydrogen) atoms. The van der Waals surface area contributed by atoms with Crippen LogP contribution in [0.1, 0.15) is 24.8 Å². The van der Waals surface area contributed by atoms with Crippen molar-refractivity contribution in [3.8, 4) is 0 Å². The Kier molecular flexibility index (Phi) is 6.28. The fourth-order valence-electron chi connectivity index (χ4n) is 1.92. The van der Waals surface area contributed by atoms with Crippen LogP contribution in [-0.2, 0) is 4.79 Å². The molecule has 0 radical (unpaired) electrons. The third-order valence-corrected chi connectivity index (χ3v) is 4.27. The number of carbonyl (C=O) groups is 1. The molecule has 0 saturated heterocycles. The summed E-state index contributed by atoms with van der Waals surface area (Å²) < 4.78 is 1.07. The molecule has 0 bridgehead atoms. The second-order valence-corrected chi connectivity index (χ2v) is 7.18. The summed E-state index contributed by atoms with van der Waals surface area (Å²) in [5.74, 6) is 0.145. The lowest BCUT2D eigenvalue weighted by molar-refractivity contribution is -0.119. The summed E-state index contributed by atoms with van der Waals surface area (Å²) in [6, 6.07) is 4.09. The Hall–Kier alpha value is -0.430. The van der Waals surface area contributed by atoms with Gasteiger partial charge in [-0.1, -0.05) is 13.8 Å². The largest absolute Gasteiger partial charge is 0.369 e. The van der Waals surface area contributed by atoms with Crippen LogP contribution in [0.5, 0.6) is 0 Å². The third kappa shape index (κ3) is 4.68. The van der Waals surface area contributed by atoms with Crippen LogP contribution in [0.2, 0.25) is 0 Å². The second kappa shape index (κ2) is 7.23. The van der Waals surface area contributed by atoms with E-state index < -0.39 is 0 Å². The van der Waals surface area contributed by atoms with E-state index in [1.807, 2.05) is 12.1 Å². The molecular weight excluding hydrogens is 314 g/mol. The van der Waals surface area contributed by atoms with E-state index in [-0.39, 0.29) is 18.5 Å². The van der Waals surface area contributed by atoms with Gasteiger partial charge in [0.25, 0.3) is 0 Å². The van der Waals surface area contributed by atoms with Gasteiger partial charge in [-0.2, -0.15) is 0 Å². The summed E-state index contributed by atoms with van der Waals surface area (Å²) in [6.07, 6.45) is 0. The molecule has 1 aromatic heterocycles. The van der Waals surface area contributed by atoms with Crippen LogP contribution < -0.4 is 11.5 Å². The van der Waals surface area contributed by atoms with Crippen LogP contribution >= 0.6 is 27.3 Å². The fourth-order valence-corrected chi connectivity index (χ4v) is 3.50. The molecule has 1 rings (SSSR count). The van der Waals surface area contributed by atoms with Gasteiger partial charge in [0.1, 0.15) is 0 Å². The zero-order chi connectivity index (χ0) is 13.7. The van der Waals surface area contributed by atoms with Crippen molar-refractivity contribution in [2.75, 3.05) is 19.6 Å². The van der Waals surface area contributed by atoms with Gasteiger partial charge in [-0.3, -0.25) is 9.69 Å². The number of halogens is 1. The highest BCUT2D eigenvalue weighted by Gasteiger charge is 2.22. The van der Waals surface area contributed by atoms with Crippen LogP contribution in [-0.4, -0.2) is 30.4 Å². The SMILES string of the molecule is CC(C)CN(CC(N)=O)C(CN)c1ccc(Br)s1. The number of hydrogen-bond donors (Lipinski definition) is 2. The van der Waals surface area contributed by atoms with E-state index >= 15 is 0 Å². The summed E-state index contributed by atoms with van der Waals surface area (Å²) in [5.41, 5.74) is 11.2. The topological polar surface area (TPSA) is 72.3 Å². The summed E-state index contributed by atoms with van der Waals surface area (Å²) >= 11 is 5.09. The fraction of sp³-hybridized carbons (Fsp3) is 0.583. The molecule has 0 spiro atoms. The predicted octanol–water partition coefficient (Wildman–Crippen LogP) is 1.95. The molecule has 0 saturated carbocycles. The average Bonchev–Trinajstić information content (AvgIpc) is 2.64. The number of hydrogen-bond acceptors (Lipinski definition) is 4. The Balaban J connectivity index is 2.88. The normalized spacial score (nSPS) is 13.2. The molecule has 1 atom stereocenters. The van der Waals surface area contributed by atoms with Gasteiger partial charge in [0.05, 0.1) is 16.4 Å². The van der Waals surface area contributed by atoms with Crippen molar-refractivity contribution in [1.29, 1.82) is 0 Å². The molecule has 4 nitrogen and oxygen atoms in total. The summed E-state index contributed by atoms with van der Waals surface area (Å²) in [6.45, 7) is 5.76. The van der Waals surface area contributed by atoms with Crippen molar-refractivity contribution in [2.45, 2.75) is 19.9 Å². The second-order valence-electron chi connectivity index (χ2n) is 4.68. The summed E-state index contributed by atoms with van der Waals surface area (Å²) in [5, 5.41) is 0. The molecule has 1 amide bonds. The van der Waals surface area contributed by atoms with Gasteiger partial charge in [-0.25, -0.2) is 0 Å². The van der Waals surface area contributed by atoms with E-state index in [4.69, 9.17) is 11.5 Å². The molecule has 0 aliphatic carbocycles. The Morgan fingerprint density at radius 2 is 2.17 bits per heavy atom. The first kappa shape index (κ1) is 15.6. The van der Waals surface area contributed by atoms with E-state index in [9.17, 15) is 4.79 Å². The Morgan fingerprint density at radius 3 is 2.56 bits per heavy atom. The van der Waals surface area contributed by atoms with Gasteiger partial charge >= 0.3 is 0 Å². The van der Waals surface area contributed by atoms with E-state index in [0.29, 0.717) is 12.5 Å². The highest BCUT2D eigenvalue weighted by atomic mass is 79.9. The van der Waals surface area contributed by atoms with Crippen molar-refractivity contribution >= 4 is 33.2 Å². The molecule has 1 heterocycles. The average molecular weight is 334 g/mol. The number of amides is 1. The minimum absolute atomic E-state index is 0.0520. The van der Waals surface area contributed by atoms with Crippen LogP contribution in [0.3, 0.4) is 0 Å². The van der Waals surface area contributed by atoms with Crippen LogP contribution in [0, 0.1) is 5.92 Å². The maximum Gasteiger partial charge on any atom is 0.231 e. The minimum atomic E-state index is -0.315. The molecule has 0 aromatic carbocycles. The first-order valence-corrected chi connectivity index (χ1v) is 7.52. The number of nitrogens with zero attached hydrogens (tertiary/aromatic N) is 1.